The van der Waals surface area contributed by atoms with Crippen molar-refractivity contribution < 1.29 is 18.3 Å². The Balaban J connectivity index is 2.00. The van der Waals surface area contributed by atoms with Crippen LogP contribution in [0.2, 0.25) is 5.02 Å². The number of aliphatic hydroxyl groups is 1. The Labute approximate surface area is 154 Å². The van der Waals surface area contributed by atoms with Crippen LogP contribution in [0.4, 0.5) is 0 Å². The maximum atomic E-state index is 12.4. The molecule has 0 bridgehead atoms. The average molecular weight is 389 g/mol. The Morgan fingerprint density at radius 3 is 2.24 bits per heavy atom. The zero-order valence-corrected chi connectivity index (χ0v) is 15.7. The number of hydrogen-bond donors (Lipinski definition) is 3. The Hall–Kier alpha value is -1.15. The third-order valence-corrected chi connectivity index (χ3v) is 6.11. The van der Waals surface area contributed by atoms with Crippen molar-refractivity contribution in [2.75, 3.05) is 6.61 Å². The number of rotatable bonds is 6. The lowest BCUT2D eigenvalue weighted by atomic mass is 9.96. The number of carbonyl (C=O) groups is 1. The molecule has 25 heavy (non-hydrogen) atoms. The summed E-state index contributed by atoms with van der Waals surface area (Å²) < 4.78 is 27.0. The lowest BCUT2D eigenvalue weighted by Crippen LogP contribution is -2.51. The van der Waals surface area contributed by atoms with E-state index in [4.69, 9.17) is 11.6 Å². The Bertz CT molecular complexity index is 656. The smallest absolute Gasteiger partial charge is 0.241 e. The zero-order valence-electron chi connectivity index (χ0n) is 14.1. The number of nitrogens with one attached hydrogen (secondary N) is 2. The van der Waals surface area contributed by atoms with Crippen LogP contribution < -0.4 is 10.0 Å². The predicted octanol–water partition coefficient (Wildman–Crippen LogP) is 2.21. The van der Waals surface area contributed by atoms with Crippen LogP contribution in [0.15, 0.2) is 29.2 Å². The highest BCUT2D eigenvalue weighted by Gasteiger charge is 2.26. The fourth-order valence-electron chi connectivity index (χ4n) is 2.95. The van der Waals surface area contributed by atoms with E-state index in [1.165, 1.54) is 30.7 Å². The fourth-order valence-corrected chi connectivity index (χ4v) is 4.26. The van der Waals surface area contributed by atoms with Crippen LogP contribution in [-0.4, -0.2) is 38.1 Å². The highest BCUT2D eigenvalue weighted by atomic mass is 35.5. The first-order valence-electron chi connectivity index (χ1n) is 8.61. The van der Waals surface area contributed by atoms with E-state index in [0.29, 0.717) is 5.02 Å². The molecular formula is C17H25ClN2O4S. The SMILES string of the molecule is O=C(NC1CCCCCCC1)C(CO)NS(=O)(=O)c1ccc(Cl)cc1. The first-order valence-corrected chi connectivity index (χ1v) is 10.5. The molecule has 1 fully saturated rings. The summed E-state index contributed by atoms with van der Waals surface area (Å²) in [7, 11) is -3.92. The first kappa shape index (κ1) is 20.2. The van der Waals surface area contributed by atoms with E-state index in [-0.39, 0.29) is 10.9 Å². The van der Waals surface area contributed by atoms with Gasteiger partial charge in [-0.3, -0.25) is 4.79 Å². The van der Waals surface area contributed by atoms with Crippen LogP contribution in [0.25, 0.3) is 0 Å². The molecule has 1 unspecified atom stereocenters. The molecule has 0 saturated heterocycles. The number of halogens is 1. The van der Waals surface area contributed by atoms with Crippen LogP contribution in [0, 0.1) is 0 Å². The molecule has 3 N–H and O–H groups in total. The van der Waals surface area contributed by atoms with Gasteiger partial charge in [0.15, 0.2) is 0 Å². The van der Waals surface area contributed by atoms with Gasteiger partial charge in [-0.05, 0) is 37.1 Å². The minimum Gasteiger partial charge on any atom is -0.394 e. The van der Waals surface area contributed by atoms with E-state index in [2.05, 4.69) is 10.0 Å². The molecule has 0 radical (unpaired) electrons. The van der Waals surface area contributed by atoms with Gasteiger partial charge in [-0.1, -0.05) is 43.7 Å². The normalized spacial score (nSPS) is 18.2. The van der Waals surface area contributed by atoms with Gasteiger partial charge >= 0.3 is 0 Å². The van der Waals surface area contributed by atoms with Gasteiger partial charge in [0, 0.05) is 11.1 Å². The number of sulfonamides is 1. The molecule has 1 aliphatic rings. The third-order valence-electron chi connectivity index (χ3n) is 4.37. The van der Waals surface area contributed by atoms with Crippen molar-refractivity contribution in [1.82, 2.24) is 10.0 Å². The molecule has 0 spiro atoms. The molecule has 1 aromatic rings. The molecule has 2 rings (SSSR count). The second-order valence-corrected chi connectivity index (χ2v) is 8.51. The number of aliphatic hydroxyl groups excluding tert-OH is 1. The average Bonchev–Trinajstić information content (AvgIpc) is 2.55. The van der Waals surface area contributed by atoms with E-state index in [9.17, 15) is 18.3 Å². The van der Waals surface area contributed by atoms with Gasteiger partial charge in [-0.2, -0.15) is 4.72 Å². The fraction of sp³-hybridized carbons (Fsp3) is 0.588. The summed E-state index contributed by atoms with van der Waals surface area (Å²) in [5, 5.41) is 12.8. The molecule has 1 atom stereocenters. The van der Waals surface area contributed by atoms with E-state index in [0.717, 1.165) is 38.5 Å². The molecule has 8 heteroatoms. The summed E-state index contributed by atoms with van der Waals surface area (Å²) in [4.78, 5) is 12.4. The quantitative estimate of drug-likeness (QED) is 0.696. The summed E-state index contributed by atoms with van der Waals surface area (Å²) in [6.07, 6.45) is 7.39. The van der Waals surface area contributed by atoms with Crippen molar-refractivity contribution in [1.29, 1.82) is 0 Å². The molecular weight excluding hydrogens is 364 g/mol. The molecule has 0 aliphatic heterocycles. The highest BCUT2D eigenvalue weighted by molar-refractivity contribution is 7.89. The maximum Gasteiger partial charge on any atom is 0.241 e. The summed E-state index contributed by atoms with van der Waals surface area (Å²) >= 11 is 5.76. The summed E-state index contributed by atoms with van der Waals surface area (Å²) in [5.41, 5.74) is 0. The van der Waals surface area contributed by atoms with Gasteiger partial charge in [0.1, 0.15) is 6.04 Å². The summed E-state index contributed by atoms with van der Waals surface area (Å²) in [6.45, 7) is -0.606. The first-order chi connectivity index (χ1) is 11.9. The lowest BCUT2D eigenvalue weighted by molar-refractivity contribution is -0.124. The molecule has 0 heterocycles. The van der Waals surface area contributed by atoms with Gasteiger partial charge in [-0.15, -0.1) is 0 Å². The van der Waals surface area contributed by atoms with Crippen molar-refractivity contribution >= 4 is 27.5 Å². The highest BCUT2D eigenvalue weighted by Crippen LogP contribution is 2.17. The van der Waals surface area contributed by atoms with E-state index < -0.39 is 28.6 Å². The second kappa shape index (κ2) is 9.52. The minimum atomic E-state index is -3.92. The molecule has 6 nitrogen and oxygen atoms in total. The van der Waals surface area contributed by atoms with Gasteiger partial charge in [-0.25, -0.2) is 8.42 Å². The van der Waals surface area contributed by atoms with Gasteiger partial charge in [0.05, 0.1) is 11.5 Å². The van der Waals surface area contributed by atoms with Gasteiger partial charge in [0.2, 0.25) is 15.9 Å². The van der Waals surface area contributed by atoms with Gasteiger partial charge < -0.3 is 10.4 Å². The van der Waals surface area contributed by atoms with Crippen LogP contribution >= 0.6 is 11.6 Å². The Kier molecular flexibility index (Phi) is 7.68. The van der Waals surface area contributed by atoms with E-state index in [1.807, 2.05) is 0 Å². The Morgan fingerprint density at radius 1 is 1.12 bits per heavy atom. The minimum absolute atomic E-state index is 0.00546. The van der Waals surface area contributed by atoms with Crippen LogP contribution in [0.3, 0.4) is 0 Å². The standard InChI is InChI=1S/C17H25ClN2O4S/c18-13-8-10-15(11-9-13)25(23,24)20-16(12-21)17(22)19-14-6-4-2-1-3-5-7-14/h8-11,14,16,20-21H,1-7,12H2,(H,19,22). The third kappa shape index (κ3) is 6.26. The van der Waals surface area contributed by atoms with Gasteiger partial charge in [0.25, 0.3) is 0 Å². The van der Waals surface area contributed by atoms with Crippen molar-refractivity contribution in [3.8, 4) is 0 Å². The zero-order chi connectivity index (χ0) is 18.3. The van der Waals surface area contributed by atoms with Crippen LogP contribution in [0.1, 0.15) is 44.9 Å². The topological polar surface area (TPSA) is 95.5 Å². The van der Waals surface area contributed by atoms with Crippen molar-refractivity contribution in [2.45, 2.75) is 61.9 Å². The summed E-state index contributed by atoms with van der Waals surface area (Å²) in [5.74, 6) is -0.495. The Morgan fingerprint density at radius 2 is 1.68 bits per heavy atom. The molecule has 0 aromatic heterocycles. The largest absolute Gasteiger partial charge is 0.394 e. The lowest BCUT2D eigenvalue weighted by Gasteiger charge is -2.24. The maximum absolute atomic E-state index is 12.4. The number of amides is 1. The molecule has 140 valence electrons. The van der Waals surface area contributed by atoms with Crippen LogP contribution in [0.5, 0.6) is 0 Å². The van der Waals surface area contributed by atoms with E-state index in [1.54, 1.807) is 0 Å². The molecule has 1 amide bonds. The number of hydrogen-bond acceptors (Lipinski definition) is 4. The molecule has 1 aliphatic carbocycles. The van der Waals surface area contributed by atoms with Crippen LogP contribution in [-0.2, 0) is 14.8 Å². The number of benzene rings is 1. The predicted molar refractivity (Wildman–Crippen MR) is 96.9 cm³/mol. The summed E-state index contributed by atoms with van der Waals surface area (Å²) in [6, 6.07) is 4.43. The van der Waals surface area contributed by atoms with E-state index >= 15 is 0 Å². The molecule has 1 saturated carbocycles. The monoisotopic (exact) mass is 388 g/mol. The van der Waals surface area contributed by atoms with Crippen molar-refractivity contribution in [3.63, 3.8) is 0 Å². The van der Waals surface area contributed by atoms with Crippen molar-refractivity contribution in [2.24, 2.45) is 0 Å². The number of carbonyl (C=O) groups excluding carboxylic acids is 1. The molecule has 1 aromatic carbocycles. The second-order valence-electron chi connectivity index (χ2n) is 6.36. The van der Waals surface area contributed by atoms with Crippen molar-refractivity contribution in [3.05, 3.63) is 29.3 Å².